The van der Waals surface area contributed by atoms with Crippen molar-refractivity contribution in [1.29, 1.82) is 0 Å². The van der Waals surface area contributed by atoms with E-state index in [2.05, 4.69) is 5.32 Å². The summed E-state index contributed by atoms with van der Waals surface area (Å²) in [6.07, 6.45) is 0.590. The summed E-state index contributed by atoms with van der Waals surface area (Å²) in [5.41, 5.74) is 2.72. The smallest absolute Gasteiger partial charge is 0.243 e. The van der Waals surface area contributed by atoms with Crippen LogP contribution in [0.3, 0.4) is 0 Å². The summed E-state index contributed by atoms with van der Waals surface area (Å²) in [7, 11) is 1.61. The van der Waals surface area contributed by atoms with Crippen molar-refractivity contribution in [3.05, 3.63) is 101 Å². The number of carbonyl (C=O) groups is 2. The van der Waals surface area contributed by atoms with Gasteiger partial charge in [0.1, 0.15) is 11.8 Å². The topological polar surface area (TPSA) is 58.6 Å². The zero-order valence-corrected chi connectivity index (χ0v) is 21.3. The van der Waals surface area contributed by atoms with E-state index in [4.69, 9.17) is 16.3 Å². The molecule has 1 N–H and O–H groups in total. The van der Waals surface area contributed by atoms with Gasteiger partial charge in [-0.25, -0.2) is 0 Å². The summed E-state index contributed by atoms with van der Waals surface area (Å²) < 4.78 is 5.23. The number of hydrogen-bond acceptors (Lipinski definition) is 3. The molecule has 0 aliphatic rings. The average molecular weight is 493 g/mol. The standard InChI is InChI=1S/C29H33ClN2O3/c1-21(2)19-31-29(34)27(17-22-8-5-4-6-9-22)32(20-24-10-7-11-25(30)16-24)28(33)18-23-12-14-26(35-3)15-13-23/h4-16,21,27H,17-20H2,1-3H3,(H,31,34)/t27-/m0/s1. The first-order chi connectivity index (χ1) is 16.9. The molecule has 3 aromatic rings. The molecule has 0 unspecified atom stereocenters. The van der Waals surface area contributed by atoms with Gasteiger partial charge in [0, 0.05) is 24.5 Å². The third kappa shape index (κ3) is 8.15. The highest BCUT2D eigenvalue weighted by Gasteiger charge is 2.30. The molecular formula is C29H33ClN2O3. The maximum Gasteiger partial charge on any atom is 0.243 e. The normalized spacial score (nSPS) is 11.7. The molecule has 0 heterocycles. The third-order valence-corrected chi connectivity index (χ3v) is 5.95. The third-order valence-electron chi connectivity index (χ3n) is 5.71. The van der Waals surface area contributed by atoms with Crippen LogP contribution in [0.25, 0.3) is 0 Å². The lowest BCUT2D eigenvalue weighted by molar-refractivity contribution is -0.140. The number of nitrogens with one attached hydrogen (secondary N) is 1. The van der Waals surface area contributed by atoms with Crippen LogP contribution in [0.5, 0.6) is 5.75 Å². The fourth-order valence-electron chi connectivity index (χ4n) is 3.83. The maximum atomic E-state index is 13.7. The first-order valence-corrected chi connectivity index (χ1v) is 12.2. The number of benzene rings is 3. The number of halogens is 1. The van der Waals surface area contributed by atoms with Crippen LogP contribution in [0.2, 0.25) is 5.02 Å². The molecule has 0 fully saturated rings. The second kappa shape index (κ2) is 13.0. The first-order valence-electron chi connectivity index (χ1n) is 11.8. The van der Waals surface area contributed by atoms with Crippen molar-refractivity contribution in [1.82, 2.24) is 10.2 Å². The van der Waals surface area contributed by atoms with E-state index >= 15 is 0 Å². The zero-order valence-electron chi connectivity index (χ0n) is 20.5. The van der Waals surface area contributed by atoms with Crippen LogP contribution in [-0.2, 0) is 29.0 Å². The van der Waals surface area contributed by atoms with Crippen molar-refractivity contribution < 1.29 is 14.3 Å². The van der Waals surface area contributed by atoms with E-state index in [-0.39, 0.29) is 24.8 Å². The lowest BCUT2D eigenvalue weighted by Gasteiger charge is -2.32. The molecule has 0 saturated heterocycles. The summed E-state index contributed by atoms with van der Waals surface area (Å²) in [4.78, 5) is 28.8. The summed E-state index contributed by atoms with van der Waals surface area (Å²) >= 11 is 6.23. The molecule has 3 rings (SSSR count). The Bertz CT molecular complexity index is 1100. The second-order valence-corrected chi connectivity index (χ2v) is 9.46. The Balaban J connectivity index is 1.94. The molecule has 2 amide bonds. The molecule has 35 heavy (non-hydrogen) atoms. The Morgan fingerprint density at radius 2 is 1.60 bits per heavy atom. The second-order valence-electron chi connectivity index (χ2n) is 9.02. The summed E-state index contributed by atoms with van der Waals surface area (Å²) in [6, 6.07) is 23.9. The van der Waals surface area contributed by atoms with Crippen LogP contribution in [0.4, 0.5) is 0 Å². The minimum absolute atomic E-state index is 0.129. The van der Waals surface area contributed by atoms with Gasteiger partial charge in [-0.1, -0.05) is 80.0 Å². The van der Waals surface area contributed by atoms with Crippen LogP contribution in [0.15, 0.2) is 78.9 Å². The molecule has 184 valence electrons. The van der Waals surface area contributed by atoms with Crippen molar-refractivity contribution in [3.8, 4) is 5.75 Å². The molecule has 1 atom stereocenters. The monoisotopic (exact) mass is 492 g/mol. The van der Waals surface area contributed by atoms with Gasteiger partial charge in [0.05, 0.1) is 13.5 Å². The summed E-state index contributed by atoms with van der Waals surface area (Å²) in [6.45, 7) is 4.92. The van der Waals surface area contributed by atoms with Crippen molar-refractivity contribution in [2.45, 2.75) is 39.3 Å². The lowest BCUT2D eigenvalue weighted by Crippen LogP contribution is -2.51. The van der Waals surface area contributed by atoms with Gasteiger partial charge in [0.25, 0.3) is 0 Å². The molecular weight excluding hydrogens is 460 g/mol. The highest BCUT2D eigenvalue weighted by molar-refractivity contribution is 6.30. The van der Waals surface area contributed by atoms with Gasteiger partial charge in [-0.15, -0.1) is 0 Å². The summed E-state index contributed by atoms with van der Waals surface area (Å²) in [5.74, 6) is 0.739. The predicted octanol–water partition coefficient (Wildman–Crippen LogP) is 5.30. The van der Waals surface area contributed by atoms with E-state index in [1.807, 2.05) is 86.6 Å². The Kier molecular flexibility index (Phi) is 9.74. The van der Waals surface area contributed by atoms with Crippen LogP contribution in [0.1, 0.15) is 30.5 Å². The Labute approximate surface area is 213 Å². The van der Waals surface area contributed by atoms with Crippen molar-refractivity contribution in [2.24, 2.45) is 5.92 Å². The Morgan fingerprint density at radius 1 is 0.914 bits per heavy atom. The molecule has 0 saturated carbocycles. The first kappa shape index (κ1) is 26.3. The number of amides is 2. The van der Waals surface area contributed by atoms with E-state index in [0.29, 0.717) is 23.9 Å². The van der Waals surface area contributed by atoms with Crippen molar-refractivity contribution in [2.75, 3.05) is 13.7 Å². The quantitative estimate of drug-likeness (QED) is 0.395. The van der Waals surface area contributed by atoms with E-state index < -0.39 is 6.04 Å². The maximum absolute atomic E-state index is 13.7. The van der Waals surface area contributed by atoms with Gasteiger partial charge in [-0.2, -0.15) is 0 Å². The predicted molar refractivity (Wildman–Crippen MR) is 140 cm³/mol. The Morgan fingerprint density at radius 3 is 2.23 bits per heavy atom. The minimum atomic E-state index is -0.666. The van der Waals surface area contributed by atoms with Gasteiger partial charge < -0.3 is 15.0 Å². The highest BCUT2D eigenvalue weighted by atomic mass is 35.5. The fraction of sp³-hybridized carbons (Fsp3) is 0.310. The molecule has 5 nitrogen and oxygen atoms in total. The number of methoxy groups -OCH3 is 1. The van der Waals surface area contributed by atoms with Crippen LogP contribution in [0, 0.1) is 5.92 Å². The molecule has 6 heteroatoms. The van der Waals surface area contributed by atoms with Crippen LogP contribution in [-0.4, -0.2) is 36.4 Å². The number of nitrogens with zero attached hydrogens (tertiary/aromatic N) is 1. The number of hydrogen-bond donors (Lipinski definition) is 1. The molecule has 0 aromatic heterocycles. The van der Waals surface area contributed by atoms with Crippen molar-refractivity contribution >= 4 is 23.4 Å². The average Bonchev–Trinajstić information content (AvgIpc) is 2.85. The van der Waals surface area contributed by atoms with E-state index in [1.54, 1.807) is 18.1 Å². The molecule has 0 aliphatic carbocycles. The number of rotatable bonds is 11. The van der Waals surface area contributed by atoms with E-state index in [9.17, 15) is 9.59 Å². The van der Waals surface area contributed by atoms with E-state index in [1.165, 1.54) is 0 Å². The number of carbonyl (C=O) groups excluding carboxylic acids is 2. The lowest BCUT2D eigenvalue weighted by atomic mass is 10.0. The molecule has 3 aromatic carbocycles. The van der Waals surface area contributed by atoms with Gasteiger partial charge in [0.15, 0.2) is 0 Å². The van der Waals surface area contributed by atoms with Crippen LogP contribution < -0.4 is 10.1 Å². The SMILES string of the molecule is COc1ccc(CC(=O)N(Cc2cccc(Cl)c2)[C@@H](Cc2ccccc2)C(=O)NCC(C)C)cc1. The highest BCUT2D eigenvalue weighted by Crippen LogP contribution is 2.19. The molecule has 0 spiro atoms. The van der Waals surface area contributed by atoms with Gasteiger partial charge in [-0.05, 0) is 46.9 Å². The summed E-state index contributed by atoms with van der Waals surface area (Å²) in [5, 5.41) is 3.63. The fourth-order valence-corrected chi connectivity index (χ4v) is 4.04. The number of ether oxygens (including phenoxy) is 1. The minimum Gasteiger partial charge on any atom is -0.497 e. The molecule has 0 aliphatic heterocycles. The molecule has 0 bridgehead atoms. The largest absolute Gasteiger partial charge is 0.497 e. The van der Waals surface area contributed by atoms with Gasteiger partial charge >= 0.3 is 0 Å². The van der Waals surface area contributed by atoms with Crippen molar-refractivity contribution in [3.63, 3.8) is 0 Å². The van der Waals surface area contributed by atoms with Gasteiger partial charge in [0.2, 0.25) is 11.8 Å². The van der Waals surface area contributed by atoms with Gasteiger partial charge in [-0.3, -0.25) is 9.59 Å². The molecule has 0 radical (unpaired) electrons. The Hall–Kier alpha value is -3.31. The van der Waals surface area contributed by atoms with Crippen LogP contribution >= 0.6 is 11.6 Å². The zero-order chi connectivity index (χ0) is 25.2. The van der Waals surface area contributed by atoms with E-state index in [0.717, 1.165) is 22.4 Å².